The molecule has 13 nitrogen and oxygen atoms in total. The van der Waals surface area contributed by atoms with Crippen molar-refractivity contribution >= 4 is 53.2 Å². The number of thioether (sulfide) groups is 2. The van der Waals surface area contributed by atoms with E-state index in [0.717, 1.165) is 28.4 Å². The van der Waals surface area contributed by atoms with Gasteiger partial charge in [0.05, 0.1) is 21.2 Å². The smallest absolute Gasteiger partial charge is 0.408 e. The molecule has 4 N–H and O–H groups in total. The molecular formula is C19H19N3O10S2. The number of rotatable bonds is 10. The number of nitrogens with zero attached hydrogens (tertiary/aromatic N) is 2. The van der Waals surface area contributed by atoms with Gasteiger partial charge in [0.2, 0.25) is 5.91 Å². The summed E-state index contributed by atoms with van der Waals surface area (Å²) in [6, 6.07) is 3.80. The summed E-state index contributed by atoms with van der Waals surface area (Å²) in [6.45, 7) is 1.17. The molecule has 1 unspecified atom stereocenters. The Bertz CT molecular complexity index is 1060. The number of hydrogen-bond donors (Lipinski definition) is 4. The number of nitro benzene ring substituents is 1. The summed E-state index contributed by atoms with van der Waals surface area (Å²) in [5, 5.41) is 40.9. The third kappa shape index (κ3) is 5.26. The van der Waals surface area contributed by atoms with Crippen LogP contribution in [0.2, 0.25) is 0 Å². The topological polar surface area (TPSA) is 197 Å². The van der Waals surface area contributed by atoms with Gasteiger partial charge in [-0.1, -0.05) is 11.8 Å². The third-order valence-electron chi connectivity index (χ3n) is 4.96. The molecule has 1 aromatic carbocycles. The first-order chi connectivity index (χ1) is 16.0. The maximum absolute atomic E-state index is 12.2. The highest BCUT2D eigenvalue weighted by molar-refractivity contribution is 8.22. The van der Waals surface area contributed by atoms with Crippen LogP contribution in [0.25, 0.3) is 0 Å². The molecular weight excluding hydrogens is 494 g/mol. The van der Waals surface area contributed by atoms with Gasteiger partial charge in [-0.3, -0.25) is 19.8 Å². The monoisotopic (exact) mass is 513 g/mol. The highest BCUT2D eigenvalue weighted by atomic mass is 32.2. The van der Waals surface area contributed by atoms with E-state index < -0.39 is 52.3 Å². The molecule has 182 valence electrons. The van der Waals surface area contributed by atoms with E-state index >= 15 is 0 Å². The van der Waals surface area contributed by atoms with Crippen LogP contribution >= 0.6 is 23.5 Å². The number of carboxylic acid groups (broad SMARTS) is 2. The molecule has 34 heavy (non-hydrogen) atoms. The molecule has 2 heterocycles. The third-order valence-corrected chi connectivity index (χ3v) is 7.71. The number of benzene rings is 1. The Morgan fingerprint density at radius 2 is 1.94 bits per heavy atom. The van der Waals surface area contributed by atoms with Gasteiger partial charge in [-0.2, -0.15) is 0 Å². The lowest BCUT2D eigenvalue weighted by atomic mass is 9.92. The minimum Gasteiger partial charge on any atom is -0.480 e. The van der Waals surface area contributed by atoms with E-state index in [1.807, 2.05) is 0 Å². The van der Waals surface area contributed by atoms with Crippen molar-refractivity contribution in [2.24, 2.45) is 5.92 Å². The van der Waals surface area contributed by atoms with Crippen molar-refractivity contribution in [3.8, 4) is 0 Å². The predicted molar refractivity (Wildman–Crippen MR) is 118 cm³/mol. The van der Waals surface area contributed by atoms with Crippen LogP contribution in [0, 0.1) is 16.0 Å². The Labute approximate surface area is 200 Å². The average molecular weight is 514 g/mol. The van der Waals surface area contributed by atoms with E-state index in [4.69, 9.17) is 4.74 Å². The van der Waals surface area contributed by atoms with Crippen LogP contribution in [-0.2, 0) is 25.7 Å². The van der Waals surface area contributed by atoms with Gasteiger partial charge in [-0.25, -0.2) is 14.4 Å². The first kappa shape index (κ1) is 25.3. The standard InChI is InChI=1S/C19H19N3O10S2/c1-8(23)12-14(24)21-13(17(27)28)18(34-15(12)21)33-7-11(16(25)26)20-19(29)32-6-9-2-4-10(5-3-9)22(30)31/h2-5,8,11-12,15,23H,6-7H2,1H3,(H,20,29)(H,25,26)(H,27,28)/t8?,11-,12+,15-/m1/s1. The fraction of sp³-hybridized carbons (Fsp3) is 0.368. The second kappa shape index (κ2) is 10.3. The number of β-lactam (4-membered cyclic amide) rings is 1. The summed E-state index contributed by atoms with van der Waals surface area (Å²) in [6.07, 6.45) is -2.02. The predicted octanol–water partition coefficient (Wildman–Crippen LogP) is 1.17. The van der Waals surface area contributed by atoms with Crippen molar-refractivity contribution in [2.75, 3.05) is 5.75 Å². The average Bonchev–Trinajstić information content (AvgIpc) is 3.09. The molecule has 0 spiro atoms. The molecule has 0 aliphatic carbocycles. The van der Waals surface area contributed by atoms with Gasteiger partial charge in [-0.15, -0.1) is 11.8 Å². The number of nitrogens with one attached hydrogen (secondary N) is 1. The summed E-state index contributed by atoms with van der Waals surface area (Å²) >= 11 is 1.89. The number of carboxylic acids is 2. The minimum atomic E-state index is -1.44. The van der Waals surface area contributed by atoms with E-state index in [-0.39, 0.29) is 28.0 Å². The zero-order valence-electron chi connectivity index (χ0n) is 17.4. The van der Waals surface area contributed by atoms with Gasteiger partial charge >= 0.3 is 18.0 Å². The molecule has 1 fully saturated rings. The lowest BCUT2D eigenvalue weighted by Crippen LogP contribution is -2.60. The van der Waals surface area contributed by atoms with Crippen LogP contribution in [0.3, 0.4) is 0 Å². The normalized spacial score (nSPS) is 20.8. The molecule has 0 radical (unpaired) electrons. The van der Waals surface area contributed by atoms with Crippen molar-refractivity contribution in [1.82, 2.24) is 10.2 Å². The number of aliphatic hydroxyl groups excluding tert-OH is 1. The van der Waals surface area contributed by atoms with Gasteiger partial charge in [0, 0.05) is 17.9 Å². The van der Waals surface area contributed by atoms with Crippen LogP contribution in [0.4, 0.5) is 10.5 Å². The molecule has 1 aromatic rings. The van der Waals surface area contributed by atoms with Gasteiger partial charge in [0.15, 0.2) is 5.70 Å². The number of aliphatic carboxylic acids is 2. The largest absolute Gasteiger partial charge is 0.480 e. The first-order valence-electron chi connectivity index (χ1n) is 9.68. The van der Waals surface area contributed by atoms with Crippen LogP contribution in [-0.4, -0.2) is 72.4 Å². The van der Waals surface area contributed by atoms with Gasteiger partial charge in [-0.05, 0) is 24.6 Å². The van der Waals surface area contributed by atoms with Crippen LogP contribution in [0.1, 0.15) is 12.5 Å². The molecule has 0 bridgehead atoms. The number of non-ortho nitro benzene ring substituents is 1. The summed E-state index contributed by atoms with van der Waals surface area (Å²) in [4.78, 5) is 58.7. The van der Waals surface area contributed by atoms with Crippen molar-refractivity contribution in [3.63, 3.8) is 0 Å². The fourth-order valence-electron chi connectivity index (χ4n) is 3.23. The van der Waals surface area contributed by atoms with E-state index in [9.17, 15) is 44.6 Å². The van der Waals surface area contributed by atoms with Crippen molar-refractivity contribution in [2.45, 2.75) is 31.1 Å². The van der Waals surface area contributed by atoms with Gasteiger partial charge in [0.1, 0.15) is 18.0 Å². The van der Waals surface area contributed by atoms with E-state index in [2.05, 4.69) is 5.32 Å². The Kier molecular flexibility index (Phi) is 7.68. The summed E-state index contributed by atoms with van der Waals surface area (Å²) in [7, 11) is 0. The molecule has 15 heteroatoms. The van der Waals surface area contributed by atoms with Crippen molar-refractivity contribution < 1.29 is 44.2 Å². The molecule has 0 saturated carbocycles. The second-order valence-corrected chi connectivity index (χ2v) is 9.69. The van der Waals surface area contributed by atoms with E-state index in [1.54, 1.807) is 0 Å². The van der Waals surface area contributed by atoms with Gasteiger partial charge in [0.25, 0.3) is 5.69 Å². The number of ether oxygens (including phenoxy) is 1. The second-order valence-electron chi connectivity index (χ2n) is 7.27. The minimum absolute atomic E-state index is 0.137. The summed E-state index contributed by atoms with van der Waals surface area (Å²) in [5.41, 5.74) is 0.0245. The lowest BCUT2D eigenvalue weighted by molar-refractivity contribution is -0.384. The highest BCUT2D eigenvalue weighted by Crippen LogP contribution is 2.53. The van der Waals surface area contributed by atoms with Crippen LogP contribution in [0.15, 0.2) is 34.2 Å². The van der Waals surface area contributed by atoms with Crippen LogP contribution < -0.4 is 5.32 Å². The molecule has 4 atom stereocenters. The summed E-state index contributed by atoms with van der Waals surface area (Å²) < 4.78 is 5.15. The Morgan fingerprint density at radius 3 is 2.47 bits per heavy atom. The molecule has 1 saturated heterocycles. The van der Waals surface area contributed by atoms with E-state index in [1.165, 1.54) is 31.2 Å². The maximum atomic E-state index is 12.2. The SMILES string of the molecule is CC(O)[C@H]1C(=O)N2C(C(=O)O)=C(SC[C@@H](NC(=O)OCc3ccc([N+](=O)[O-])cc3)C(=O)O)S[C@H]12. The van der Waals surface area contributed by atoms with Crippen molar-refractivity contribution in [3.05, 3.63) is 49.9 Å². The first-order valence-corrected chi connectivity index (χ1v) is 11.5. The maximum Gasteiger partial charge on any atom is 0.408 e. The number of alkyl carbamates (subject to hydrolysis) is 1. The van der Waals surface area contributed by atoms with E-state index in [0.29, 0.717) is 5.56 Å². The van der Waals surface area contributed by atoms with Crippen molar-refractivity contribution in [1.29, 1.82) is 0 Å². The molecule has 3 rings (SSSR count). The number of hydrogen-bond acceptors (Lipinski definition) is 10. The zero-order chi connectivity index (χ0) is 25.2. The molecule has 0 aromatic heterocycles. The highest BCUT2D eigenvalue weighted by Gasteiger charge is 2.57. The number of nitro groups is 1. The molecule has 2 amide bonds. The number of fused-ring (bicyclic) bond motifs is 1. The molecule has 2 aliphatic rings. The Hall–Kier alpha value is -3.30. The lowest BCUT2D eigenvalue weighted by Gasteiger charge is -2.43. The zero-order valence-corrected chi connectivity index (χ0v) is 19.1. The number of carbonyl (C=O) groups excluding carboxylic acids is 2. The number of aliphatic hydroxyl groups is 1. The Morgan fingerprint density at radius 1 is 1.29 bits per heavy atom. The van der Waals surface area contributed by atoms with Crippen LogP contribution in [0.5, 0.6) is 0 Å². The number of amides is 2. The number of carbonyl (C=O) groups is 4. The summed E-state index contributed by atoms with van der Waals surface area (Å²) in [5.74, 6) is -4.29. The fourth-order valence-corrected chi connectivity index (χ4v) is 6.19. The van der Waals surface area contributed by atoms with Gasteiger partial charge < -0.3 is 25.4 Å². The Balaban J connectivity index is 1.58. The quantitative estimate of drug-likeness (QED) is 0.198. The molecule has 2 aliphatic heterocycles.